The van der Waals surface area contributed by atoms with Gasteiger partial charge >= 0.3 is 0 Å². The quantitative estimate of drug-likeness (QED) is 0.824. The molecule has 1 atom stereocenters. The fourth-order valence-corrected chi connectivity index (χ4v) is 3.32. The third-order valence-corrected chi connectivity index (χ3v) is 4.64. The van der Waals surface area contributed by atoms with Crippen molar-refractivity contribution in [2.24, 2.45) is 0 Å². The number of hydrogen-bond acceptors (Lipinski definition) is 5. The van der Waals surface area contributed by atoms with E-state index in [1.807, 2.05) is 0 Å². The Morgan fingerprint density at radius 2 is 2.04 bits per heavy atom. The fraction of sp³-hybridized carbons (Fsp3) is 0.353. The number of halogens is 1. The number of benzene rings is 1. The molecule has 0 saturated carbocycles. The normalized spacial score (nSPS) is 23.5. The molecular weight excluding hydrogens is 329 g/mol. The molecule has 2 aliphatic rings. The highest BCUT2D eigenvalue weighted by Crippen LogP contribution is 2.32. The third kappa shape index (κ3) is 2.89. The molecule has 2 saturated heterocycles. The molecule has 2 fully saturated rings. The number of morpholine rings is 1. The Labute approximate surface area is 143 Å². The molecule has 1 unspecified atom stereocenters. The lowest BCUT2D eigenvalue weighted by Gasteiger charge is -2.40. The smallest absolute Gasteiger partial charge is 0.275 e. The zero-order valence-corrected chi connectivity index (χ0v) is 13.4. The Kier molecular flexibility index (Phi) is 3.76. The molecular formula is C17H16FN3O4. The van der Waals surface area contributed by atoms with Crippen molar-refractivity contribution in [3.63, 3.8) is 0 Å². The van der Waals surface area contributed by atoms with Crippen LogP contribution in [0, 0.1) is 5.82 Å². The first kappa shape index (κ1) is 15.8. The van der Waals surface area contributed by atoms with Crippen LogP contribution in [-0.2, 0) is 9.53 Å². The van der Waals surface area contributed by atoms with Crippen molar-refractivity contribution in [1.29, 1.82) is 0 Å². The van der Waals surface area contributed by atoms with Gasteiger partial charge in [0.1, 0.15) is 24.3 Å². The maximum atomic E-state index is 13.1. The summed E-state index contributed by atoms with van der Waals surface area (Å²) in [6.45, 7) is 1.13. The van der Waals surface area contributed by atoms with Crippen LogP contribution in [0.15, 0.2) is 41.3 Å². The predicted molar refractivity (Wildman–Crippen MR) is 84.5 cm³/mol. The highest BCUT2D eigenvalue weighted by molar-refractivity contribution is 5.95. The number of amides is 2. The molecule has 0 N–H and O–H groups in total. The molecule has 1 aromatic carbocycles. The zero-order valence-electron chi connectivity index (χ0n) is 13.4. The summed E-state index contributed by atoms with van der Waals surface area (Å²) in [4.78, 5) is 31.8. The van der Waals surface area contributed by atoms with Crippen molar-refractivity contribution in [2.45, 2.75) is 12.0 Å². The van der Waals surface area contributed by atoms with E-state index < -0.39 is 5.60 Å². The molecule has 2 aromatic rings. The van der Waals surface area contributed by atoms with Gasteiger partial charge in [0.05, 0.1) is 13.1 Å². The lowest BCUT2D eigenvalue weighted by molar-refractivity contribution is -0.137. The van der Waals surface area contributed by atoms with Crippen LogP contribution in [0.2, 0.25) is 0 Å². The summed E-state index contributed by atoms with van der Waals surface area (Å²) in [5, 5.41) is 0. The van der Waals surface area contributed by atoms with Crippen LogP contribution in [0.1, 0.15) is 16.9 Å². The summed E-state index contributed by atoms with van der Waals surface area (Å²) in [7, 11) is 0. The Morgan fingerprint density at radius 1 is 1.24 bits per heavy atom. The van der Waals surface area contributed by atoms with Gasteiger partial charge in [-0.2, -0.15) is 0 Å². The first-order valence-electron chi connectivity index (χ1n) is 7.94. The van der Waals surface area contributed by atoms with Crippen LogP contribution in [0.5, 0.6) is 0 Å². The van der Waals surface area contributed by atoms with Crippen LogP contribution in [0.3, 0.4) is 0 Å². The zero-order chi connectivity index (χ0) is 17.4. The first-order valence-corrected chi connectivity index (χ1v) is 7.94. The van der Waals surface area contributed by atoms with E-state index in [9.17, 15) is 14.0 Å². The summed E-state index contributed by atoms with van der Waals surface area (Å²) >= 11 is 0. The summed E-state index contributed by atoms with van der Waals surface area (Å²) < 4.78 is 23.8. The number of anilines is 1. The topological polar surface area (TPSA) is 75.9 Å². The van der Waals surface area contributed by atoms with Gasteiger partial charge in [-0.25, -0.2) is 9.37 Å². The molecule has 2 aliphatic heterocycles. The van der Waals surface area contributed by atoms with Gasteiger partial charge < -0.3 is 19.0 Å². The highest BCUT2D eigenvalue weighted by atomic mass is 19.1. The highest BCUT2D eigenvalue weighted by Gasteiger charge is 2.47. The Hall–Kier alpha value is -2.74. The number of hydrogen-bond donors (Lipinski definition) is 0. The molecule has 0 aliphatic carbocycles. The molecule has 1 aromatic heterocycles. The molecule has 1 spiro atoms. The summed E-state index contributed by atoms with van der Waals surface area (Å²) in [6, 6.07) is 5.78. The number of rotatable bonds is 2. The number of carbonyl (C=O) groups is 2. The summed E-state index contributed by atoms with van der Waals surface area (Å²) in [5.41, 5.74) is 0.247. The second kappa shape index (κ2) is 5.96. The Balaban J connectivity index is 1.52. The van der Waals surface area contributed by atoms with Crippen molar-refractivity contribution < 1.29 is 23.1 Å². The van der Waals surface area contributed by atoms with Crippen molar-refractivity contribution in [3.8, 4) is 0 Å². The molecule has 0 radical (unpaired) electrons. The second-order valence-electron chi connectivity index (χ2n) is 6.28. The maximum absolute atomic E-state index is 13.1. The monoisotopic (exact) mass is 345 g/mol. The molecule has 25 heavy (non-hydrogen) atoms. The molecule has 7 nitrogen and oxygen atoms in total. The van der Waals surface area contributed by atoms with Crippen molar-refractivity contribution in [2.75, 3.05) is 31.1 Å². The van der Waals surface area contributed by atoms with Gasteiger partial charge in [-0.1, -0.05) is 0 Å². The average molecular weight is 345 g/mol. The SMILES string of the molecule is O=C(c1cocn1)N1CCC2(C1)CN(c1ccc(F)cc1)C(=O)CO2. The van der Waals surface area contributed by atoms with Gasteiger partial charge in [0.2, 0.25) is 0 Å². The lowest BCUT2D eigenvalue weighted by atomic mass is 10.00. The molecule has 8 heteroatoms. The average Bonchev–Trinajstić information content (AvgIpc) is 3.28. The summed E-state index contributed by atoms with van der Waals surface area (Å²) in [5.74, 6) is -0.762. The number of ether oxygens (including phenoxy) is 1. The maximum Gasteiger partial charge on any atom is 0.275 e. The van der Waals surface area contributed by atoms with Gasteiger partial charge in [0.25, 0.3) is 11.8 Å². The van der Waals surface area contributed by atoms with E-state index in [2.05, 4.69) is 4.98 Å². The van der Waals surface area contributed by atoms with Gasteiger partial charge in [-0.15, -0.1) is 0 Å². The number of carbonyl (C=O) groups excluding carboxylic acids is 2. The van der Waals surface area contributed by atoms with Crippen LogP contribution >= 0.6 is 0 Å². The van der Waals surface area contributed by atoms with Gasteiger partial charge in [-0.3, -0.25) is 9.59 Å². The van der Waals surface area contributed by atoms with E-state index in [0.717, 1.165) is 0 Å². The Morgan fingerprint density at radius 3 is 2.76 bits per heavy atom. The number of likely N-dealkylation sites (tertiary alicyclic amines) is 1. The number of aromatic nitrogens is 1. The lowest BCUT2D eigenvalue weighted by Crippen LogP contribution is -2.56. The fourth-order valence-electron chi connectivity index (χ4n) is 3.32. The van der Waals surface area contributed by atoms with E-state index in [1.54, 1.807) is 21.9 Å². The van der Waals surface area contributed by atoms with Gasteiger partial charge in [0, 0.05) is 12.2 Å². The van der Waals surface area contributed by atoms with Crippen molar-refractivity contribution >= 4 is 17.5 Å². The molecule has 130 valence electrons. The van der Waals surface area contributed by atoms with Crippen molar-refractivity contribution in [1.82, 2.24) is 9.88 Å². The predicted octanol–water partition coefficient (Wildman–Crippen LogP) is 1.46. The van der Waals surface area contributed by atoms with E-state index in [1.165, 1.54) is 24.8 Å². The van der Waals surface area contributed by atoms with Crippen LogP contribution in [0.4, 0.5) is 10.1 Å². The number of oxazole rings is 1. The van der Waals surface area contributed by atoms with Crippen molar-refractivity contribution in [3.05, 3.63) is 48.4 Å². The Bertz CT molecular complexity index is 793. The first-order chi connectivity index (χ1) is 12.1. The van der Waals surface area contributed by atoms with Crippen LogP contribution in [0.25, 0.3) is 0 Å². The second-order valence-corrected chi connectivity index (χ2v) is 6.28. The van der Waals surface area contributed by atoms with E-state index in [0.29, 0.717) is 31.7 Å². The minimum Gasteiger partial charge on any atom is -0.451 e. The van der Waals surface area contributed by atoms with E-state index >= 15 is 0 Å². The minimum atomic E-state index is -0.623. The molecule has 4 rings (SSSR count). The number of nitrogens with zero attached hydrogens (tertiary/aromatic N) is 3. The van der Waals surface area contributed by atoms with Crippen LogP contribution < -0.4 is 4.90 Å². The van der Waals surface area contributed by atoms with Gasteiger partial charge in [0.15, 0.2) is 12.1 Å². The minimum absolute atomic E-state index is 0.0661. The van der Waals surface area contributed by atoms with E-state index in [-0.39, 0.29) is 29.9 Å². The van der Waals surface area contributed by atoms with E-state index in [4.69, 9.17) is 9.15 Å². The molecule has 2 amide bonds. The standard InChI is InChI=1S/C17H16FN3O4/c18-12-1-3-13(4-2-12)21-10-17(25-8-15(21)22)5-6-20(9-17)16(23)14-7-24-11-19-14/h1-4,7,11H,5-6,8-10H2. The third-order valence-electron chi connectivity index (χ3n) is 4.64. The van der Waals surface area contributed by atoms with Gasteiger partial charge in [-0.05, 0) is 30.7 Å². The summed E-state index contributed by atoms with van der Waals surface area (Å²) in [6.07, 6.45) is 3.14. The van der Waals surface area contributed by atoms with Crippen LogP contribution in [-0.4, -0.2) is 53.5 Å². The molecule has 3 heterocycles. The largest absolute Gasteiger partial charge is 0.451 e. The molecule has 0 bridgehead atoms.